The Balaban J connectivity index is 1.18. The first-order valence-corrected chi connectivity index (χ1v) is 14.3. The Hall–Kier alpha value is -4.30. The average Bonchev–Trinajstić information content (AvgIpc) is 3.32. The third-order valence-corrected chi connectivity index (χ3v) is 8.29. The summed E-state index contributed by atoms with van der Waals surface area (Å²) in [5.41, 5.74) is 10.1. The zero-order valence-electron chi connectivity index (χ0n) is 22.5. The number of para-hydroxylation sites is 2. The normalized spacial score (nSPS) is 19.2. The predicted molar refractivity (Wildman–Crippen MR) is 166 cm³/mol. The van der Waals surface area contributed by atoms with E-state index in [4.69, 9.17) is 0 Å². The zero-order valence-corrected chi connectivity index (χ0v) is 22.5. The summed E-state index contributed by atoms with van der Waals surface area (Å²) in [5.74, 6) is 1.17. The molecule has 1 heterocycles. The van der Waals surface area contributed by atoms with Gasteiger partial charge in [-0.15, -0.1) is 0 Å². The molecule has 2 unspecified atom stereocenters. The predicted octanol–water partition coefficient (Wildman–Crippen LogP) is 10.1. The van der Waals surface area contributed by atoms with Crippen LogP contribution in [0.2, 0.25) is 0 Å². The van der Waals surface area contributed by atoms with Crippen molar-refractivity contribution in [2.75, 3.05) is 5.32 Å². The highest BCUT2D eigenvalue weighted by molar-refractivity contribution is 6.10. The molecule has 0 saturated heterocycles. The van der Waals surface area contributed by atoms with Crippen molar-refractivity contribution in [1.82, 2.24) is 4.57 Å². The maximum Gasteiger partial charge on any atom is 0.0541 e. The molecule has 0 spiro atoms. The van der Waals surface area contributed by atoms with Gasteiger partial charge in [0.15, 0.2) is 0 Å². The van der Waals surface area contributed by atoms with Crippen molar-refractivity contribution in [3.8, 4) is 16.8 Å². The van der Waals surface area contributed by atoms with E-state index in [-0.39, 0.29) is 0 Å². The number of benzene rings is 4. The minimum absolute atomic E-state index is 0.562. The summed E-state index contributed by atoms with van der Waals surface area (Å²) in [6.07, 6.45) is 14.5. The van der Waals surface area contributed by atoms with Crippen LogP contribution in [0.1, 0.15) is 32.6 Å². The first-order valence-electron chi connectivity index (χ1n) is 14.3. The molecule has 1 N–H and O–H groups in total. The van der Waals surface area contributed by atoms with Gasteiger partial charge in [-0.05, 0) is 97.2 Å². The number of rotatable bonds is 5. The van der Waals surface area contributed by atoms with Crippen molar-refractivity contribution >= 4 is 27.5 Å². The number of hydrogen-bond acceptors (Lipinski definition) is 1. The summed E-state index contributed by atoms with van der Waals surface area (Å²) in [6.45, 7) is 2.33. The van der Waals surface area contributed by atoms with E-state index in [1.54, 1.807) is 5.57 Å². The number of allylic oxidation sites excluding steroid dienone is 5. The van der Waals surface area contributed by atoms with Crippen LogP contribution in [-0.4, -0.2) is 4.57 Å². The smallest absolute Gasteiger partial charge is 0.0541 e. The Bertz CT molecular complexity index is 1730. The van der Waals surface area contributed by atoms with Gasteiger partial charge in [-0.25, -0.2) is 0 Å². The highest BCUT2D eigenvalue weighted by Gasteiger charge is 2.19. The fourth-order valence-electron chi connectivity index (χ4n) is 6.42. The third-order valence-electron chi connectivity index (χ3n) is 8.29. The number of fused-ring (bicyclic) bond motifs is 3. The second kappa shape index (κ2) is 10.1. The number of nitrogens with zero attached hydrogens (tertiary/aromatic N) is 1. The van der Waals surface area contributed by atoms with E-state index < -0.39 is 0 Å². The molecule has 39 heavy (non-hydrogen) atoms. The third kappa shape index (κ3) is 4.61. The molecule has 7 rings (SSSR count). The summed E-state index contributed by atoms with van der Waals surface area (Å²) in [4.78, 5) is 0. The number of aromatic nitrogens is 1. The first-order chi connectivity index (χ1) is 19.2. The van der Waals surface area contributed by atoms with E-state index >= 15 is 0 Å². The number of anilines is 1. The highest BCUT2D eigenvalue weighted by Crippen LogP contribution is 2.36. The van der Waals surface area contributed by atoms with Crippen LogP contribution in [-0.2, 0) is 0 Å². The standard InChI is InChI=1S/C37H34N2/c1-26-22-30(27-10-4-2-5-11-27)24-32(23-26)38-31-19-16-28(17-20-31)29-18-21-37-35(25-29)34-14-8-9-15-36(34)39(37)33-12-6-3-7-13-33/h3-4,6-10,12-21,23-27,38H,2,5,11,22H2,1H3. The summed E-state index contributed by atoms with van der Waals surface area (Å²) in [5, 5.41) is 6.26. The Morgan fingerprint density at radius 1 is 0.769 bits per heavy atom. The van der Waals surface area contributed by atoms with Crippen molar-refractivity contribution in [3.63, 3.8) is 0 Å². The molecular weight excluding hydrogens is 472 g/mol. The molecule has 2 nitrogen and oxygen atoms in total. The number of nitrogens with one attached hydrogen (secondary N) is 1. The maximum absolute atomic E-state index is 3.69. The molecule has 5 aromatic rings. The molecule has 0 fully saturated rings. The molecule has 2 aliphatic carbocycles. The van der Waals surface area contributed by atoms with Gasteiger partial charge in [-0.1, -0.05) is 85.3 Å². The van der Waals surface area contributed by atoms with Crippen molar-refractivity contribution in [2.45, 2.75) is 32.6 Å². The quantitative estimate of drug-likeness (QED) is 0.235. The van der Waals surface area contributed by atoms with Crippen LogP contribution < -0.4 is 5.32 Å². The fourth-order valence-corrected chi connectivity index (χ4v) is 6.42. The summed E-state index contributed by atoms with van der Waals surface area (Å²) in [6, 6.07) is 35.1. The Labute approximate surface area is 231 Å². The van der Waals surface area contributed by atoms with Gasteiger partial charge in [0.1, 0.15) is 0 Å². The minimum Gasteiger partial charge on any atom is -0.356 e. The Morgan fingerprint density at radius 2 is 1.54 bits per heavy atom. The molecule has 0 bridgehead atoms. The van der Waals surface area contributed by atoms with E-state index in [1.807, 2.05) is 0 Å². The van der Waals surface area contributed by atoms with Crippen LogP contribution >= 0.6 is 0 Å². The van der Waals surface area contributed by atoms with Gasteiger partial charge in [0.25, 0.3) is 0 Å². The minimum atomic E-state index is 0.562. The van der Waals surface area contributed by atoms with Gasteiger partial charge >= 0.3 is 0 Å². The van der Waals surface area contributed by atoms with Gasteiger partial charge in [0.2, 0.25) is 0 Å². The van der Waals surface area contributed by atoms with Crippen LogP contribution in [0.25, 0.3) is 38.6 Å². The lowest BCUT2D eigenvalue weighted by Crippen LogP contribution is -2.13. The maximum atomic E-state index is 3.69. The van der Waals surface area contributed by atoms with E-state index in [0.717, 1.165) is 5.69 Å². The van der Waals surface area contributed by atoms with E-state index in [2.05, 4.69) is 138 Å². The molecule has 2 heteroatoms. The van der Waals surface area contributed by atoms with Gasteiger partial charge in [0.05, 0.1) is 11.0 Å². The lowest BCUT2D eigenvalue weighted by atomic mass is 9.81. The second-order valence-corrected chi connectivity index (χ2v) is 11.1. The van der Waals surface area contributed by atoms with Crippen molar-refractivity contribution in [3.05, 3.63) is 133 Å². The van der Waals surface area contributed by atoms with Crippen molar-refractivity contribution in [1.29, 1.82) is 0 Å². The van der Waals surface area contributed by atoms with E-state index in [0.29, 0.717) is 11.8 Å². The zero-order chi connectivity index (χ0) is 26.2. The molecule has 4 aromatic carbocycles. The van der Waals surface area contributed by atoms with Crippen molar-refractivity contribution < 1.29 is 0 Å². The van der Waals surface area contributed by atoms with Gasteiger partial charge in [-0.3, -0.25) is 0 Å². The van der Waals surface area contributed by atoms with Crippen LogP contribution in [0, 0.1) is 11.8 Å². The molecule has 1 aromatic heterocycles. The van der Waals surface area contributed by atoms with Crippen LogP contribution in [0.4, 0.5) is 5.69 Å². The summed E-state index contributed by atoms with van der Waals surface area (Å²) >= 11 is 0. The lowest BCUT2D eigenvalue weighted by molar-refractivity contribution is 0.554. The van der Waals surface area contributed by atoms with Crippen LogP contribution in [0.15, 0.2) is 133 Å². The fraction of sp³-hybridized carbons (Fsp3) is 0.189. The Kier molecular flexibility index (Phi) is 6.17. The molecule has 0 saturated carbocycles. The highest BCUT2D eigenvalue weighted by atomic mass is 15.0. The molecule has 2 aliphatic rings. The van der Waals surface area contributed by atoms with E-state index in [9.17, 15) is 0 Å². The first kappa shape index (κ1) is 23.8. The second-order valence-electron chi connectivity index (χ2n) is 11.1. The van der Waals surface area contributed by atoms with Gasteiger partial charge in [0, 0.05) is 27.8 Å². The lowest BCUT2D eigenvalue weighted by Gasteiger charge is -2.26. The largest absolute Gasteiger partial charge is 0.356 e. The monoisotopic (exact) mass is 506 g/mol. The molecule has 0 aliphatic heterocycles. The summed E-state index contributed by atoms with van der Waals surface area (Å²) in [7, 11) is 0. The summed E-state index contributed by atoms with van der Waals surface area (Å²) < 4.78 is 2.37. The molecule has 192 valence electrons. The molecule has 2 atom stereocenters. The van der Waals surface area contributed by atoms with Crippen molar-refractivity contribution in [2.24, 2.45) is 11.8 Å². The van der Waals surface area contributed by atoms with Gasteiger partial charge in [-0.2, -0.15) is 0 Å². The average molecular weight is 507 g/mol. The van der Waals surface area contributed by atoms with Gasteiger partial charge < -0.3 is 9.88 Å². The number of hydrogen-bond donors (Lipinski definition) is 1. The SMILES string of the molecule is CC1C=C(Nc2ccc(-c3ccc4c(c3)c3ccccc3n4-c3ccccc3)cc2)C=C(C2C=CCCC2)C1. The van der Waals surface area contributed by atoms with Crippen LogP contribution in [0.3, 0.4) is 0 Å². The van der Waals surface area contributed by atoms with E-state index in [1.165, 1.54) is 70.0 Å². The molecule has 0 amide bonds. The molecular formula is C37H34N2. The topological polar surface area (TPSA) is 17.0 Å². The Morgan fingerprint density at radius 3 is 2.36 bits per heavy atom. The van der Waals surface area contributed by atoms with Crippen LogP contribution in [0.5, 0.6) is 0 Å². The molecule has 0 radical (unpaired) electrons.